The molecule has 0 N–H and O–H groups in total. The number of nitriles is 1. The van der Waals surface area contributed by atoms with Crippen LogP contribution in [0.5, 0.6) is 0 Å². The van der Waals surface area contributed by atoms with E-state index in [2.05, 4.69) is 119 Å². The van der Waals surface area contributed by atoms with E-state index in [1.807, 2.05) is 18.2 Å². The summed E-state index contributed by atoms with van der Waals surface area (Å²) in [6.07, 6.45) is 1.70. The first-order chi connectivity index (χ1) is 18.3. The molecule has 0 unspecified atom stereocenters. The van der Waals surface area contributed by atoms with E-state index in [0.717, 1.165) is 22.3 Å². The molecule has 0 fully saturated rings. The lowest BCUT2D eigenvalue weighted by molar-refractivity contribution is 1.18. The molecule has 0 aliphatic rings. The Bertz CT molecular complexity index is 1980. The maximum absolute atomic E-state index is 9.37. The number of benzene rings is 5. The van der Waals surface area contributed by atoms with Crippen LogP contribution < -0.4 is 0 Å². The van der Waals surface area contributed by atoms with Gasteiger partial charge in [0.1, 0.15) is 11.8 Å². The van der Waals surface area contributed by atoms with E-state index < -0.39 is 0 Å². The maximum Gasteiger partial charge on any atom is 0.141 e. The van der Waals surface area contributed by atoms with Crippen molar-refractivity contribution in [3.63, 3.8) is 0 Å². The molecule has 7 rings (SSSR count). The molecule has 5 aromatic carbocycles. The van der Waals surface area contributed by atoms with Crippen molar-refractivity contribution >= 4 is 32.6 Å². The Morgan fingerprint density at radius 2 is 1.27 bits per heavy atom. The standard InChI is InChI=1S/C34H21N3/c35-22-26-19-25(17-18-36-26)24-15-16-30-32(20-24)37(27-11-5-2-6-12-27)33-21-31(23-9-3-1-4-10-23)28-13-7-8-14-29(28)34(30)33/h1-21H. The predicted molar refractivity (Wildman–Crippen MR) is 152 cm³/mol. The monoisotopic (exact) mass is 471 g/mol. The van der Waals surface area contributed by atoms with E-state index in [4.69, 9.17) is 0 Å². The van der Waals surface area contributed by atoms with Gasteiger partial charge in [0.2, 0.25) is 0 Å². The van der Waals surface area contributed by atoms with E-state index in [-0.39, 0.29) is 0 Å². The Morgan fingerprint density at radius 1 is 0.568 bits per heavy atom. The smallest absolute Gasteiger partial charge is 0.141 e. The molecular formula is C34H21N3. The van der Waals surface area contributed by atoms with E-state index in [1.54, 1.807) is 6.20 Å². The highest BCUT2D eigenvalue weighted by Crippen LogP contribution is 2.42. The van der Waals surface area contributed by atoms with E-state index in [1.165, 1.54) is 38.2 Å². The number of hydrogen-bond acceptors (Lipinski definition) is 2. The molecule has 2 heterocycles. The van der Waals surface area contributed by atoms with Gasteiger partial charge in [0.15, 0.2) is 0 Å². The summed E-state index contributed by atoms with van der Waals surface area (Å²) in [5.41, 5.74) is 8.28. The molecule has 0 radical (unpaired) electrons. The molecule has 7 aromatic rings. The molecule has 3 heteroatoms. The molecule has 37 heavy (non-hydrogen) atoms. The van der Waals surface area contributed by atoms with Crippen LogP contribution in [0, 0.1) is 11.3 Å². The quantitative estimate of drug-likeness (QED) is 0.259. The summed E-state index contributed by atoms with van der Waals surface area (Å²) in [5, 5.41) is 14.3. The summed E-state index contributed by atoms with van der Waals surface area (Å²) in [6.45, 7) is 0. The Labute approximate surface area is 214 Å². The van der Waals surface area contributed by atoms with Crippen LogP contribution in [0.1, 0.15) is 5.69 Å². The minimum Gasteiger partial charge on any atom is -0.309 e. The van der Waals surface area contributed by atoms with Gasteiger partial charge in [-0.3, -0.25) is 0 Å². The highest BCUT2D eigenvalue weighted by Gasteiger charge is 2.18. The fraction of sp³-hybridized carbons (Fsp3) is 0. The van der Waals surface area contributed by atoms with Gasteiger partial charge in [0, 0.05) is 22.7 Å². The second-order valence-corrected chi connectivity index (χ2v) is 9.17. The van der Waals surface area contributed by atoms with Crippen molar-refractivity contribution in [2.24, 2.45) is 0 Å². The van der Waals surface area contributed by atoms with Gasteiger partial charge in [0.25, 0.3) is 0 Å². The lowest BCUT2D eigenvalue weighted by Crippen LogP contribution is -1.94. The Morgan fingerprint density at radius 3 is 2.05 bits per heavy atom. The Hall–Kier alpha value is -5.20. The third kappa shape index (κ3) is 3.39. The average molecular weight is 472 g/mol. The predicted octanol–water partition coefficient (Wildman–Crippen LogP) is 8.54. The topological polar surface area (TPSA) is 41.6 Å². The summed E-state index contributed by atoms with van der Waals surface area (Å²) >= 11 is 0. The first-order valence-corrected chi connectivity index (χ1v) is 12.3. The number of pyridine rings is 1. The lowest BCUT2D eigenvalue weighted by atomic mass is 9.94. The molecule has 0 aliphatic heterocycles. The summed E-state index contributed by atoms with van der Waals surface area (Å²) in [5.74, 6) is 0. The van der Waals surface area contributed by atoms with Gasteiger partial charge in [-0.15, -0.1) is 0 Å². The molecule has 0 bridgehead atoms. The lowest BCUT2D eigenvalue weighted by Gasteiger charge is -2.12. The van der Waals surface area contributed by atoms with Crippen LogP contribution >= 0.6 is 0 Å². The average Bonchev–Trinajstić information content (AvgIpc) is 3.31. The Kier molecular flexibility index (Phi) is 4.84. The van der Waals surface area contributed by atoms with E-state index in [9.17, 15) is 5.26 Å². The number of hydrogen-bond donors (Lipinski definition) is 0. The highest BCUT2D eigenvalue weighted by molar-refractivity contribution is 6.24. The minimum absolute atomic E-state index is 0.416. The maximum atomic E-state index is 9.37. The number of fused-ring (bicyclic) bond motifs is 5. The summed E-state index contributed by atoms with van der Waals surface area (Å²) in [6, 6.07) is 44.7. The zero-order valence-electron chi connectivity index (χ0n) is 20.0. The molecular weight excluding hydrogens is 450 g/mol. The first kappa shape index (κ1) is 21.1. The van der Waals surface area contributed by atoms with Crippen molar-refractivity contribution < 1.29 is 0 Å². The molecule has 0 saturated heterocycles. The third-order valence-corrected chi connectivity index (χ3v) is 7.08. The minimum atomic E-state index is 0.416. The normalized spacial score (nSPS) is 11.2. The van der Waals surface area contributed by atoms with Crippen molar-refractivity contribution in [2.45, 2.75) is 0 Å². The number of aromatic nitrogens is 2. The summed E-state index contributed by atoms with van der Waals surface area (Å²) in [7, 11) is 0. The van der Waals surface area contributed by atoms with Crippen molar-refractivity contribution in [3.05, 3.63) is 133 Å². The number of nitrogens with zero attached hydrogens (tertiary/aromatic N) is 3. The molecule has 0 atom stereocenters. The van der Waals surface area contributed by atoms with Crippen LogP contribution in [0.2, 0.25) is 0 Å². The second-order valence-electron chi connectivity index (χ2n) is 9.17. The van der Waals surface area contributed by atoms with Gasteiger partial charge in [0.05, 0.1) is 11.0 Å². The van der Waals surface area contributed by atoms with Crippen molar-refractivity contribution in [1.29, 1.82) is 5.26 Å². The van der Waals surface area contributed by atoms with Crippen LogP contribution in [-0.2, 0) is 0 Å². The second kappa shape index (κ2) is 8.48. The molecule has 0 saturated carbocycles. The van der Waals surface area contributed by atoms with Gasteiger partial charge in [-0.2, -0.15) is 5.26 Å². The van der Waals surface area contributed by atoms with Gasteiger partial charge in [-0.05, 0) is 69.4 Å². The highest BCUT2D eigenvalue weighted by atomic mass is 15.0. The van der Waals surface area contributed by atoms with Gasteiger partial charge in [-0.25, -0.2) is 4.98 Å². The molecule has 172 valence electrons. The molecule has 0 amide bonds. The third-order valence-electron chi connectivity index (χ3n) is 7.08. The van der Waals surface area contributed by atoms with Gasteiger partial charge >= 0.3 is 0 Å². The van der Waals surface area contributed by atoms with Gasteiger partial charge in [-0.1, -0.05) is 84.9 Å². The number of para-hydroxylation sites is 1. The summed E-state index contributed by atoms with van der Waals surface area (Å²) < 4.78 is 2.36. The molecule has 3 nitrogen and oxygen atoms in total. The summed E-state index contributed by atoms with van der Waals surface area (Å²) in [4.78, 5) is 4.15. The van der Waals surface area contributed by atoms with Crippen LogP contribution in [-0.4, -0.2) is 9.55 Å². The number of rotatable bonds is 3. The largest absolute Gasteiger partial charge is 0.309 e. The van der Waals surface area contributed by atoms with Crippen molar-refractivity contribution in [2.75, 3.05) is 0 Å². The zero-order chi connectivity index (χ0) is 24.8. The van der Waals surface area contributed by atoms with E-state index in [0.29, 0.717) is 5.69 Å². The molecule has 0 aliphatic carbocycles. The molecule has 2 aromatic heterocycles. The fourth-order valence-corrected chi connectivity index (χ4v) is 5.44. The van der Waals surface area contributed by atoms with Crippen molar-refractivity contribution in [3.8, 4) is 34.0 Å². The first-order valence-electron chi connectivity index (χ1n) is 12.3. The SMILES string of the molecule is N#Cc1cc(-c2ccc3c4c5ccccc5c(-c5ccccc5)cc4n(-c4ccccc4)c3c2)ccn1. The van der Waals surface area contributed by atoms with Crippen LogP contribution in [0.4, 0.5) is 0 Å². The Balaban J connectivity index is 1.64. The van der Waals surface area contributed by atoms with E-state index >= 15 is 0 Å². The van der Waals surface area contributed by atoms with Crippen LogP contribution in [0.15, 0.2) is 128 Å². The van der Waals surface area contributed by atoms with Crippen LogP contribution in [0.3, 0.4) is 0 Å². The fourth-order valence-electron chi connectivity index (χ4n) is 5.44. The molecule has 0 spiro atoms. The van der Waals surface area contributed by atoms with Gasteiger partial charge < -0.3 is 4.57 Å². The van der Waals surface area contributed by atoms with Crippen molar-refractivity contribution in [1.82, 2.24) is 9.55 Å². The van der Waals surface area contributed by atoms with Crippen LogP contribution in [0.25, 0.3) is 60.5 Å². The zero-order valence-corrected chi connectivity index (χ0v) is 20.0.